The van der Waals surface area contributed by atoms with E-state index < -0.39 is 11.7 Å². The number of rotatable bonds is 4. The average molecular weight is 446 g/mol. The van der Waals surface area contributed by atoms with E-state index in [4.69, 9.17) is 0 Å². The quantitative estimate of drug-likeness (QED) is 0.543. The lowest BCUT2D eigenvalue weighted by molar-refractivity contribution is -0.137. The van der Waals surface area contributed by atoms with Crippen LogP contribution >= 0.6 is 11.3 Å². The fraction of sp³-hybridized carbons (Fsp3) is 0.304. The van der Waals surface area contributed by atoms with Crippen molar-refractivity contribution in [2.75, 3.05) is 31.1 Å². The van der Waals surface area contributed by atoms with E-state index in [0.29, 0.717) is 37.6 Å². The minimum Gasteiger partial charge on any atom is -0.368 e. The van der Waals surface area contributed by atoms with Crippen LogP contribution in [0.5, 0.6) is 0 Å². The summed E-state index contributed by atoms with van der Waals surface area (Å²) in [5, 5.41) is 2.57. The van der Waals surface area contributed by atoms with Gasteiger partial charge in [-0.2, -0.15) is 13.2 Å². The monoisotopic (exact) mass is 445 g/mol. The number of aryl methyl sites for hydroxylation is 1. The second-order valence-corrected chi connectivity index (χ2v) is 8.27. The van der Waals surface area contributed by atoms with Crippen LogP contribution in [0.15, 0.2) is 53.9 Å². The van der Waals surface area contributed by atoms with Crippen molar-refractivity contribution < 1.29 is 18.0 Å². The number of carbonyl (C=O) groups is 1. The van der Waals surface area contributed by atoms with Gasteiger partial charge in [-0.3, -0.25) is 4.79 Å². The zero-order chi connectivity index (χ0) is 22.0. The van der Waals surface area contributed by atoms with Crippen LogP contribution in [0.2, 0.25) is 0 Å². The van der Waals surface area contributed by atoms with Crippen LogP contribution in [-0.4, -0.2) is 42.0 Å². The van der Waals surface area contributed by atoms with Crippen LogP contribution in [0, 0.1) is 0 Å². The van der Waals surface area contributed by atoms with Crippen molar-refractivity contribution >= 4 is 22.9 Å². The number of anilines is 1. The van der Waals surface area contributed by atoms with Gasteiger partial charge in [-0.05, 0) is 30.2 Å². The van der Waals surface area contributed by atoms with Crippen molar-refractivity contribution in [3.63, 3.8) is 0 Å². The molecule has 4 rings (SSSR count). The van der Waals surface area contributed by atoms with Crippen molar-refractivity contribution in [2.45, 2.75) is 19.5 Å². The van der Waals surface area contributed by atoms with Gasteiger partial charge in [0.15, 0.2) is 0 Å². The van der Waals surface area contributed by atoms with Crippen LogP contribution in [-0.2, 0) is 12.6 Å². The Morgan fingerprint density at radius 3 is 2.42 bits per heavy atom. The SMILES string of the molecule is CCc1ccc(-c2nc(C(=O)N3CCN(c4cccc(C(F)(F)F)c4)CC3)cs2)cc1. The number of alkyl halides is 3. The Balaban J connectivity index is 1.40. The molecular formula is C23H22F3N3OS. The highest BCUT2D eigenvalue weighted by Crippen LogP contribution is 2.32. The number of thiazole rings is 1. The number of hydrogen-bond acceptors (Lipinski definition) is 4. The van der Waals surface area contributed by atoms with E-state index in [1.807, 2.05) is 17.0 Å². The van der Waals surface area contributed by atoms with Gasteiger partial charge in [0.1, 0.15) is 10.7 Å². The molecule has 0 unspecified atom stereocenters. The maximum atomic E-state index is 13.0. The predicted molar refractivity (Wildman–Crippen MR) is 116 cm³/mol. The van der Waals surface area contributed by atoms with Crippen LogP contribution in [0.1, 0.15) is 28.5 Å². The van der Waals surface area contributed by atoms with Crippen molar-refractivity contribution in [2.24, 2.45) is 0 Å². The highest BCUT2D eigenvalue weighted by atomic mass is 32.1. The van der Waals surface area contributed by atoms with Gasteiger partial charge in [0.2, 0.25) is 0 Å². The molecule has 0 aliphatic carbocycles. The minimum atomic E-state index is -4.37. The van der Waals surface area contributed by atoms with E-state index in [1.165, 1.54) is 23.0 Å². The fourth-order valence-electron chi connectivity index (χ4n) is 3.60. The number of halogens is 3. The number of piperazine rings is 1. The molecule has 0 N–H and O–H groups in total. The third kappa shape index (κ3) is 4.74. The maximum absolute atomic E-state index is 13.0. The van der Waals surface area contributed by atoms with Gasteiger partial charge in [-0.1, -0.05) is 37.3 Å². The summed E-state index contributed by atoms with van der Waals surface area (Å²) in [6.07, 6.45) is -3.40. The van der Waals surface area contributed by atoms with Crippen molar-refractivity contribution in [3.8, 4) is 10.6 Å². The van der Waals surface area contributed by atoms with Crippen LogP contribution in [0.4, 0.5) is 18.9 Å². The molecular weight excluding hydrogens is 423 g/mol. The van der Waals surface area contributed by atoms with Gasteiger partial charge in [-0.15, -0.1) is 11.3 Å². The Morgan fingerprint density at radius 1 is 1.06 bits per heavy atom. The van der Waals surface area contributed by atoms with Crippen molar-refractivity contribution in [3.05, 3.63) is 70.7 Å². The molecule has 0 spiro atoms. The summed E-state index contributed by atoms with van der Waals surface area (Å²) in [5.41, 5.74) is 2.50. The minimum absolute atomic E-state index is 0.142. The standard InChI is InChI=1S/C23H22F3N3OS/c1-2-16-6-8-17(9-7-16)21-27-20(15-31-21)22(30)29-12-10-28(11-13-29)19-5-3-4-18(14-19)23(24,25)26/h3-9,14-15H,2,10-13H2,1H3. The predicted octanol–water partition coefficient (Wildman–Crippen LogP) is 5.35. The highest BCUT2D eigenvalue weighted by Gasteiger charge is 2.31. The van der Waals surface area contributed by atoms with Crippen LogP contribution in [0.25, 0.3) is 10.6 Å². The normalized spacial score (nSPS) is 14.7. The third-order valence-corrected chi connectivity index (χ3v) is 6.33. The Bertz CT molecular complexity index is 1050. The zero-order valence-corrected chi connectivity index (χ0v) is 17.8. The lowest BCUT2D eigenvalue weighted by Crippen LogP contribution is -2.48. The molecule has 1 aliphatic heterocycles. The fourth-order valence-corrected chi connectivity index (χ4v) is 4.40. The van der Waals surface area contributed by atoms with Gasteiger partial charge >= 0.3 is 6.18 Å². The third-order valence-electron chi connectivity index (χ3n) is 5.44. The number of nitrogens with zero attached hydrogens (tertiary/aromatic N) is 3. The van der Waals surface area contributed by atoms with E-state index in [2.05, 4.69) is 24.0 Å². The molecule has 1 saturated heterocycles. The first kappa shape index (κ1) is 21.4. The van der Waals surface area contributed by atoms with Gasteiger partial charge in [0, 0.05) is 42.8 Å². The summed E-state index contributed by atoms with van der Waals surface area (Å²) < 4.78 is 38.9. The van der Waals surface area contributed by atoms with Gasteiger partial charge in [-0.25, -0.2) is 4.98 Å². The molecule has 1 amide bonds. The van der Waals surface area contributed by atoms with E-state index in [9.17, 15) is 18.0 Å². The second kappa shape index (κ2) is 8.70. The van der Waals surface area contributed by atoms with Crippen molar-refractivity contribution in [1.29, 1.82) is 0 Å². The number of hydrogen-bond donors (Lipinski definition) is 0. The molecule has 1 aromatic heterocycles. The van der Waals surface area contributed by atoms with Crippen molar-refractivity contribution in [1.82, 2.24) is 9.88 Å². The maximum Gasteiger partial charge on any atom is 0.416 e. The number of carbonyl (C=O) groups excluding carboxylic acids is 1. The Kier molecular flexibility index (Phi) is 6.00. The van der Waals surface area contributed by atoms with E-state index in [-0.39, 0.29) is 5.91 Å². The van der Waals surface area contributed by atoms with Crippen LogP contribution < -0.4 is 4.90 Å². The zero-order valence-electron chi connectivity index (χ0n) is 17.0. The van der Waals surface area contributed by atoms with Gasteiger partial charge in [0.25, 0.3) is 5.91 Å². The Labute approximate surface area is 182 Å². The second-order valence-electron chi connectivity index (χ2n) is 7.42. The van der Waals surface area contributed by atoms with E-state index in [0.717, 1.165) is 29.1 Å². The smallest absolute Gasteiger partial charge is 0.368 e. The van der Waals surface area contributed by atoms with Gasteiger partial charge in [0.05, 0.1) is 5.56 Å². The number of benzene rings is 2. The molecule has 8 heteroatoms. The molecule has 4 nitrogen and oxygen atoms in total. The molecule has 2 aromatic carbocycles. The molecule has 0 saturated carbocycles. The van der Waals surface area contributed by atoms with E-state index in [1.54, 1.807) is 16.3 Å². The highest BCUT2D eigenvalue weighted by molar-refractivity contribution is 7.13. The average Bonchev–Trinajstić information content (AvgIpc) is 3.28. The Morgan fingerprint density at radius 2 is 1.77 bits per heavy atom. The molecule has 0 radical (unpaired) electrons. The molecule has 1 aliphatic rings. The summed E-state index contributed by atoms with van der Waals surface area (Å²) in [5.74, 6) is -0.142. The van der Waals surface area contributed by atoms with Gasteiger partial charge < -0.3 is 9.80 Å². The topological polar surface area (TPSA) is 36.4 Å². The summed E-state index contributed by atoms with van der Waals surface area (Å²) in [6, 6.07) is 13.5. The summed E-state index contributed by atoms with van der Waals surface area (Å²) in [4.78, 5) is 21.0. The lowest BCUT2D eigenvalue weighted by atomic mass is 10.1. The summed E-state index contributed by atoms with van der Waals surface area (Å²) in [7, 11) is 0. The first-order valence-electron chi connectivity index (χ1n) is 10.1. The first-order chi connectivity index (χ1) is 14.8. The molecule has 1 fully saturated rings. The summed E-state index contributed by atoms with van der Waals surface area (Å²) in [6.45, 7) is 3.92. The lowest BCUT2D eigenvalue weighted by Gasteiger charge is -2.36. The molecule has 162 valence electrons. The molecule has 0 atom stereocenters. The Hall–Kier alpha value is -2.87. The molecule has 3 aromatic rings. The number of aromatic nitrogens is 1. The van der Waals surface area contributed by atoms with Crippen LogP contribution in [0.3, 0.4) is 0 Å². The summed E-state index contributed by atoms with van der Waals surface area (Å²) >= 11 is 1.43. The first-order valence-corrected chi connectivity index (χ1v) is 11.0. The molecule has 0 bridgehead atoms. The largest absolute Gasteiger partial charge is 0.416 e. The molecule has 31 heavy (non-hydrogen) atoms. The number of amides is 1. The van der Waals surface area contributed by atoms with E-state index >= 15 is 0 Å². The molecule has 2 heterocycles.